The number of carbonyl (C=O) groups excluding carboxylic acids is 1. The van der Waals surface area contributed by atoms with Crippen molar-refractivity contribution in [1.82, 2.24) is 0 Å². The number of Topliss-reactive ketones (excluding diaryl/α,β-unsaturated/α-hetero) is 1. The van der Waals surface area contributed by atoms with Gasteiger partial charge in [-0.3, -0.25) is 9.59 Å². The van der Waals surface area contributed by atoms with Gasteiger partial charge in [-0.1, -0.05) is 23.7 Å². The van der Waals surface area contributed by atoms with E-state index in [1.807, 2.05) is 0 Å². The summed E-state index contributed by atoms with van der Waals surface area (Å²) >= 11 is 5.78. The predicted octanol–water partition coefficient (Wildman–Crippen LogP) is 1.57. The van der Waals surface area contributed by atoms with Crippen LogP contribution in [0.2, 0.25) is 5.02 Å². The summed E-state index contributed by atoms with van der Waals surface area (Å²) in [5.74, 6) is -1.86. The third-order valence-electron chi connectivity index (χ3n) is 3.03. The SMILES string of the molecule is NC(C(=O)c1cccc(Cl)c1)C1CC1C(=O)O. The van der Waals surface area contributed by atoms with Gasteiger partial charge < -0.3 is 10.8 Å². The standard InChI is InChI=1S/C12H12ClNO3/c13-7-3-1-2-6(4-7)11(15)10(14)8-5-9(8)12(16)17/h1-4,8-10H,5,14H2,(H,16,17). The number of hydrogen-bond donors (Lipinski definition) is 2. The second-order valence-corrected chi connectivity index (χ2v) is 4.68. The minimum atomic E-state index is -0.885. The van der Waals surface area contributed by atoms with E-state index >= 15 is 0 Å². The van der Waals surface area contributed by atoms with Crippen molar-refractivity contribution in [3.05, 3.63) is 34.9 Å². The highest BCUT2D eigenvalue weighted by molar-refractivity contribution is 6.31. The summed E-state index contributed by atoms with van der Waals surface area (Å²) < 4.78 is 0. The van der Waals surface area contributed by atoms with Crippen molar-refractivity contribution >= 4 is 23.4 Å². The van der Waals surface area contributed by atoms with Crippen LogP contribution in [-0.4, -0.2) is 22.9 Å². The molecule has 0 saturated heterocycles. The van der Waals surface area contributed by atoms with Crippen LogP contribution in [0.15, 0.2) is 24.3 Å². The first-order valence-electron chi connectivity index (χ1n) is 5.29. The minimum Gasteiger partial charge on any atom is -0.481 e. The lowest BCUT2D eigenvalue weighted by atomic mass is 10.0. The first-order chi connectivity index (χ1) is 8.00. The lowest BCUT2D eigenvalue weighted by Gasteiger charge is -2.09. The van der Waals surface area contributed by atoms with Gasteiger partial charge in [0.05, 0.1) is 12.0 Å². The van der Waals surface area contributed by atoms with E-state index in [4.69, 9.17) is 22.4 Å². The fourth-order valence-electron chi connectivity index (χ4n) is 1.92. The minimum absolute atomic E-state index is 0.249. The number of halogens is 1. The fraction of sp³-hybridized carbons (Fsp3) is 0.333. The van der Waals surface area contributed by atoms with E-state index in [0.717, 1.165) is 0 Å². The normalized spacial score (nSPS) is 24.1. The van der Waals surface area contributed by atoms with Gasteiger partial charge in [-0.2, -0.15) is 0 Å². The molecule has 0 spiro atoms. The molecule has 90 valence electrons. The maximum Gasteiger partial charge on any atom is 0.306 e. The highest BCUT2D eigenvalue weighted by Gasteiger charge is 2.49. The quantitative estimate of drug-likeness (QED) is 0.798. The molecule has 2 rings (SSSR count). The Hall–Kier alpha value is -1.39. The molecule has 0 amide bonds. The van der Waals surface area contributed by atoms with Gasteiger partial charge in [0.25, 0.3) is 0 Å². The smallest absolute Gasteiger partial charge is 0.306 e. The van der Waals surface area contributed by atoms with E-state index in [1.165, 1.54) is 0 Å². The van der Waals surface area contributed by atoms with Crippen LogP contribution in [0.4, 0.5) is 0 Å². The Bertz CT molecular complexity index is 475. The number of hydrogen-bond acceptors (Lipinski definition) is 3. The van der Waals surface area contributed by atoms with Gasteiger partial charge in [-0.05, 0) is 24.5 Å². The number of benzene rings is 1. The number of nitrogens with two attached hydrogens (primary N) is 1. The summed E-state index contributed by atoms with van der Waals surface area (Å²) in [5, 5.41) is 9.25. The zero-order valence-corrected chi connectivity index (χ0v) is 9.72. The van der Waals surface area contributed by atoms with Crippen molar-refractivity contribution in [1.29, 1.82) is 0 Å². The Morgan fingerprint density at radius 3 is 2.71 bits per heavy atom. The number of carbonyl (C=O) groups is 2. The highest BCUT2D eigenvalue weighted by atomic mass is 35.5. The Morgan fingerprint density at radius 1 is 1.47 bits per heavy atom. The molecule has 17 heavy (non-hydrogen) atoms. The second kappa shape index (κ2) is 4.47. The van der Waals surface area contributed by atoms with Gasteiger partial charge in [0.15, 0.2) is 5.78 Å². The second-order valence-electron chi connectivity index (χ2n) is 4.24. The summed E-state index contributed by atoms with van der Waals surface area (Å²) in [7, 11) is 0. The highest BCUT2D eigenvalue weighted by Crippen LogP contribution is 2.41. The van der Waals surface area contributed by atoms with E-state index in [-0.39, 0.29) is 11.7 Å². The first kappa shape index (κ1) is 12.1. The summed E-state index contributed by atoms with van der Waals surface area (Å²) in [6, 6.07) is 5.76. The Labute approximate surface area is 103 Å². The number of carboxylic acid groups (broad SMARTS) is 1. The van der Waals surface area contributed by atoms with Crippen molar-refractivity contribution in [2.24, 2.45) is 17.6 Å². The van der Waals surface area contributed by atoms with Crippen LogP contribution in [-0.2, 0) is 4.79 Å². The van der Waals surface area contributed by atoms with Crippen LogP contribution < -0.4 is 5.73 Å². The summed E-state index contributed by atoms with van der Waals surface area (Å²) in [6.07, 6.45) is 0.475. The Balaban J connectivity index is 2.09. The summed E-state index contributed by atoms with van der Waals surface area (Å²) in [5.41, 5.74) is 6.21. The molecular formula is C12H12ClNO3. The molecule has 1 fully saturated rings. The molecule has 0 aliphatic heterocycles. The fourth-order valence-corrected chi connectivity index (χ4v) is 2.11. The van der Waals surface area contributed by atoms with E-state index in [0.29, 0.717) is 17.0 Å². The Kier molecular flexibility index (Phi) is 3.17. The van der Waals surface area contributed by atoms with Gasteiger partial charge in [0, 0.05) is 10.6 Å². The van der Waals surface area contributed by atoms with E-state index < -0.39 is 17.9 Å². The topological polar surface area (TPSA) is 80.4 Å². The van der Waals surface area contributed by atoms with Gasteiger partial charge in [0.1, 0.15) is 0 Å². The van der Waals surface area contributed by atoms with Crippen LogP contribution >= 0.6 is 11.6 Å². The van der Waals surface area contributed by atoms with Crippen LogP contribution in [0.5, 0.6) is 0 Å². The zero-order valence-electron chi connectivity index (χ0n) is 8.97. The van der Waals surface area contributed by atoms with E-state index in [1.54, 1.807) is 24.3 Å². The van der Waals surface area contributed by atoms with Crippen LogP contribution in [0.25, 0.3) is 0 Å². The molecule has 1 aliphatic rings. The molecule has 0 bridgehead atoms. The molecule has 0 heterocycles. The monoisotopic (exact) mass is 253 g/mol. The maximum atomic E-state index is 12.0. The van der Waals surface area contributed by atoms with Gasteiger partial charge in [0.2, 0.25) is 0 Å². The molecule has 5 heteroatoms. The van der Waals surface area contributed by atoms with Crippen LogP contribution in [0.3, 0.4) is 0 Å². The molecule has 0 aromatic heterocycles. The van der Waals surface area contributed by atoms with Crippen LogP contribution in [0.1, 0.15) is 16.8 Å². The van der Waals surface area contributed by atoms with Crippen molar-refractivity contribution in [3.8, 4) is 0 Å². The molecule has 1 aromatic carbocycles. The van der Waals surface area contributed by atoms with Crippen molar-refractivity contribution < 1.29 is 14.7 Å². The maximum absolute atomic E-state index is 12.0. The summed E-state index contributed by atoms with van der Waals surface area (Å²) in [6.45, 7) is 0. The predicted molar refractivity (Wildman–Crippen MR) is 63.0 cm³/mol. The first-order valence-corrected chi connectivity index (χ1v) is 5.66. The molecule has 1 aromatic rings. The van der Waals surface area contributed by atoms with Crippen molar-refractivity contribution in [2.45, 2.75) is 12.5 Å². The van der Waals surface area contributed by atoms with Gasteiger partial charge >= 0.3 is 5.97 Å². The zero-order chi connectivity index (χ0) is 12.6. The molecule has 3 N–H and O–H groups in total. The average molecular weight is 254 g/mol. The molecule has 4 nitrogen and oxygen atoms in total. The number of carboxylic acids is 1. The third kappa shape index (κ3) is 2.48. The lowest BCUT2D eigenvalue weighted by Crippen LogP contribution is -2.34. The number of rotatable bonds is 4. The van der Waals surface area contributed by atoms with Gasteiger partial charge in [-0.25, -0.2) is 0 Å². The van der Waals surface area contributed by atoms with E-state index in [9.17, 15) is 9.59 Å². The molecule has 3 atom stereocenters. The van der Waals surface area contributed by atoms with E-state index in [2.05, 4.69) is 0 Å². The average Bonchev–Trinajstić information content (AvgIpc) is 3.07. The molecule has 1 saturated carbocycles. The largest absolute Gasteiger partial charge is 0.481 e. The van der Waals surface area contributed by atoms with Crippen LogP contribution in [0, 0.1) is 11.8 Å². The molecule has 1 aliphatic carbocycles. The summed E-state index contributed by atoms with van der Waals surface area (Å²) in [4.78, 5) is 22.7. The number of ketones is 1. The molecular weight excluding hydrogens is 242 g/mol. The third-order valence-corrected chi connectivity index (χ3v) is 3.27. The Morgan fingerprint density at radius 2 is 2.18 bits per heavy atom. The van der Waals surface area contributed by atoms with Gasteiger partial charge in [-0.15, -0.1) is 0 Å². The molecule has 0 radical (unpaired) electrons. The van der Waals surface area contributed by atoms with Crippen molar-refractivity contribution in [2.75, 3.05) is 0 Å². The molecule has 3 unspecified atom stereocenters. The lowest BCUT2D eigenvalue weighted by molar-refractivity contribution is -0.138. The van der Waals surface area contributed by atoms with Crippen molar-refractivity contribution in [3.63, 3.8) is 0 Å². The number of aliphatic carboxylic acids is 1.